The predicted octanol–water partition coefficient (Wildman–Crippen LogP) is 2.83. The van der Waals surface area contributed by atoms with E-state index >= 15 is 0 Å². The number of fused-ring (bicyclic) bond motifs is 1. The van der Waals surface area contributed by atoms with E-state index in [9.17, 15) is 8.78 Å². The van der Waals surface area contributed by atoms with Gasteiger partial charge in [-0.15, -0.1) is 8.78 Å². The Morgan fingerprint density at radius 3 is 2.86 bits per heavy atom. The molecule has 0 aromatic heterocycles. The summed E-state index contributed by atoms with van der Waals surface area (Å²) < 4.78 is 35.0. The van der Waals surface area contributed by atoms with Gasteiger partial charge in [-0.1, -0.05) is 13.8 Å². The fraction of sp³-hybridized carbons (Fsp3) is 0.600. The summed E-state index contributed by atoms with van der Waals surface area (Å²) in [7, 11) is 0. The van der Waals surface area contributed by atoms with Gasteiger partial charge >= 0.3 is 6.29 Å². The minimum atomic E-state index is -3.55. The second-order valence-electron chi connectivity index (χ2n) is 6.03. The highest BCUT2D eigenvalue weighted by atomic mass is 19.3. The first-order valence-corrected chi connectivity index (χ1v) is 7.31. The molecule has 2 aliphatic heterocycles. The Kier molecular flexibility index (Phi) is 3.65. The lowest BCUT2D eigenvalue weighted by Crippen LogP contribution is -2.51. The van der Waals surface area contributed by atoms with Gasteiger partial charge in [0.15, 0.2) is 11.5 Å². The van der Waals surface area contributed by atoms with E-state index in [1.807, 2.05) is 0 Å². The molecule has 1 aromatic rings. The van der Waals surface area contributed by atoms with Crippen LogP contribution in [0.4, 0.5) is 14.5 Å². The molecule has 0 aliphatic carbocycles. The number of nitrogens with zero attached hydrogens (tertiary/aromatic N) is 1. The number of hydrogen-bond acceptors (Lipinski definition) is 4. The van der Waals surface area contributed by atoms with Crippen LogP contribution in [0, 0.1) is 5.92 Å². The van der Waals surface area contributed by atoms with Crippen LogP contribution in [-0.4, -0.2) is 32.0 Å². The molecule has 1 atom stereocenters. The lowest BCUT2D eigenvalue weighted by molar-refractivity contribution is -0.286. The van der Waals surface area contributed by atoms with E-state index < -0.39 is 6.29 Å². The van der Waals surface area contributed by atoms with Gasteiger partial charge in [-0.2, -0.15) is 0 Å². The van der Waals surface area contributed by atoms with Crippen molar-refractivity contribution in [2.75, 3.05) is 24.5 Å². The molecule has 0 amide bonds. The number of nitrogens with one attached hydrogen (secondary N) is 1. The Bertz CT molecular complexity index is 522. The van der Waals surface area contributed by atoms with Crippen LogP contribution in [0.5, 0.6) is 11.5 Å². The second-order valence-corrected chi connectivity index (χ2v) is 6.03. The summed E-state index contributed by atoms with van der Waals surface area (Å²) in [5.74, 6) is 0.826. The molecule has 116 valence electrons. The van der Waals surface area contributed by atoms with Gasteiger partial charge in [0.2, 0.25) is 0 Å². The van der Waals surface area contributed by atoms with Crippen molar-refractivity contribution in [2.45, 2.75) is 32.6 Å². The number of alkyl halides is 2. The van der Waals surface area contributed by atoms with E-state index in [2.05, 4.69) is 33.5 Å². The van der Waals surface area contributed by atoms with Crippen LogP contribution in [0.1, 0.15) is 20.3 Å². The molecule has 0 radical (unpaired) electrons. The van der Waals surface area contributed by atoms with Crippen molar-refractivity contribution in [3.8, 4) is 11.5 Å². The predicted molar refractivity (Wildman–Crippen MR) is 76.1 cm³/mol. The van der Waals surface area contributed by atoms with Crippen molar-refractivity contribution in [2.24, 2.45) is 5.92 Å². The van der Waals surface area contributed by atoms with Gasteiger partial charge in [0.05, 0.1) is 0 Å². The SMILES string of the molecule is CC(C)CC1CN(c2ccc3c(c2)OC(F)(F)O3)CCN1. The molecule has 6 heteroatoms. The van der Waals surface area contributed by atoms with Crippen LogP contribution in [0.3, 0.4) is 0 Å². The average Bonchev–Trinajstić information content (AvgIpc) is 2.71. The summed E-state index contributed by atoms with van der Waals surface area (Å²) in [6.45, 7) is 7.01. The van der Waals surface area contributed by atoms with Crippen molar-refractivity contribution < 1.29 is 18.3 Å². The highest BCUT2D eigenvalue weighted by Crippen LogP contribution is 2.42. The van der Waals surface area contributed by atoms with E-state index in [0.717, 1.165) is 31.7 Å². The van der Waals surface area contributed by atoms with E-state index in [1.165, 1.54) is 0 Å². The normalized spacial score (nSPS) is 23.7. The summed E-state index contributed by atoms with van der Waals surface area (Å²) in [6, 6.07) is 5.41. The molecule has 2 heterocycles. The van der Waals surface area contributed by atoms with Gasteiger partial charge in [0, 0.05) is 37.4 Å². The van der Waals surface area contributed by atoms with Gasteiger partial charge in [0.25, 0.3) is 0 Å². The van der Waals surface area contributed by atoms with Crippen molar-refractivity contribution in [3.05, 3.63) is 18.2 Å². The number of halogens is 2. The lowest BCUT2D eigenvalue weighted by Gasteiger charge is -2.36. The number of anilines is 1. The van der Waals surface area contributed by atoms with Gasteiger partial charge < -0.3 is 19.7 Å². The first kappa shape index (κ1) is 14.4. The third-order valence-corrected chi connectivity index (χ3v) is 3.76. The van der Waals surface area contributed by atoms with Gasteiger partial charge in [-0.05, 0) is 24.5 Å². The zero-order valence-electron chi connectivity index (χ0n) is 12.2. The number of hydrogen-bond donors (Lipinski definition) is 1. The van der Waals surface area contributed by atoms with E-state index in [0.29, 0.717) is 12.0 Å². The van der Waals surface area contributed by atoms with Crippen LogP contribution in [0.15, 0.2) is 18.2 Å². The average molecular weight is 298 g/mol. The highest BCUT2D eigenvalue weighted by Gasteiger charge is 2.43. The molecule has 4 nitrogen and oxygen atoms in total. The van der Waals surface area contributed by atoms with Crippen LogP contribution in [0.25, 0.3) is 0 Å². The topological polar surface area (TPSA) is 33.7 Å². The molecule has 3 rings (SSSR count). The first-order valence-electron chi connectivity index (χ1n) is 7.31. The van der Waals surface area contributed by atoms with E-state index in [-0.39, 0.29) is 11.5 Å². The van der Waals surface area contributed by atoms with Crippen LogP contribution in [0.2, 0.25) is 0 Å². The van der Waals surface area contributed by atoms with Crippen LogP contribution >= 0.6 is 0 Å². The van der Waals surface area contributed by atoms with Gasteiger partial charge in [-0.3, -0.25) is 0 Å². The fourth-order valence-electron chi connectivity index (χ4n) is 2.92. The fourth-order valence-corrected chi connectivity index (χ4v) is 2.92. The Labute approximate surface area is 123 Å². The first-order chi connectivity index (χ1) is 9.93. The maximum atomic E-state index is 13.0. The Hall–Kier alpha value is -1.56. The monoisotopic (exact) mass is 298 g/mol. The number of rotatable bonds is 3. The third kappa shape index (κ3) is 3.20. The maximum Gasteiger partial charge on any atom is 0.586 e. The van der Waals surface area contributed by atoms with Gasteiger partial charge in [-0.25, -0.2) is 0 Å². The van der Waals surface area contributed by atoms with Crippen molar-refractivity contribution in [3.63, 3.8) is 0 Å². The molecular weight excluding hydrogens is 278 g/mol. The maximum absolute atomic E-state index is 13.0. The van der Waals surface area contributed by atoms with Gasteiger partial charge in [0.1, 0.15) is 0 Å². The van der Waals surface area contributed by atoms with Crippen molar-refractivity contribution in [1.82, 2.24) is 5.32 Å². The van der Waals surface area contributed by atoms with Crippen molar-refractivity contribution in [1.29, 1.82) is 0 Å². The molecule has 1 unspecified atom stereocenters. The minimum absolute atomic E-state index is 0.0950. The van der Waals surface area contributed by atoms with Crippen LogP contribution < -0.4 is 19.7 Å². The minimum Gasteiger partial charge on any atom is -0.395 e. The lowest BCUT2D eigenvalue weighted by atomic mass is 10.0. The molecule has 1 aromatic carbocycles. The molecule has 0 saturated carbocycles. The summed E-state index contributed by atoms with van der Waals surface area (Å²) in [4.78, 5) is 2.20. The summed E-state index contributed by atoms with van der Waals surface area (Å²) in [5.41, 5.74) is 0.894. The second kappa shape index (κ2) is 5.33. The largest absolute Gasteiger partial charge is 0.586 e. The molecule has 0 spiro atoms. The molecule has 0 bridgehead atoms. The Balaban J connectivity index is 1.73. The summed E-state index contributed by atoms with van der Waals surface area (Å²) in [6.07, 6.45) is -2.45. The van der Waals surface area contributed by atoms with Crippen LogP contribution in [-0.2, 0) is 0 Å². The zero-order chi connectivity index (χ0) is 15.0. The number of ether oxygens (including phenoxy) is 2. The summed E-state index contributed by atoms with van der Waals surface area (Å²) >= 11 is 0. The molecule has 1 saturated heterocycles. The quantitative estimate of drug-likeness (QED) is 0.930. The zero-order valence-corrected chi connectivity index (χ0v) is 12.2. The Morgan fingerprint density at radius 1 is 1.33 bits per heavy atom. The molecule has 1 N–H and O–H groups in total. The molecule has 2 aliphatic rings. The van der Waals surface area contributed by atoms with E-state index in [4.69, 9.17) is 0 Å². The smallest absolute Gasteiger partial charge is 0.395 e. The van der Waals surface area contributed by atoms with Crippen molar-refractivity contribution >= 4 is 5.69 Å². The summed E-state index contributed by atoms with van der Waals surface area (Å²) in [5, 5.41) is 3.50. The Morgan fingerprint density at radius 2 is 2.10 bits per heavy atom. The molecule has 1 fully saturated rings. The number of piperazine rings is 1. The third-order valence-electron chi connectivity index (χ3n) is 3.76. The number of benzene rings is 1. The molecule has 21 heavy (non-hydrogen) atoms. The van der Waals surface area contributed by atoms with E-state index in [1.54, 1.807) is 18.2 Å². The highest BCUT2D eigenvalue weighted by molar-refractivity contribution is 5.57. The standard InChI is InChI=1S/C15H20F2N2O2/c1-10(2)7-11-9-19(6-5-18-11)12-3-4-13-14(8-12)21-15(16,17)20-13/h3-4,8,10-11,18H,5-7,9H2,1-2H3. The molecular formula is C15H20F2N2O2.